The fourth-order valence-electron chi connectivity index (χ4n) is 7.68. The van der Waals surface area contributed by atoms with Crippen LogP contribution in [-0.4, -0.2) is 85.4 Å². The molecule has 5 aliphatic rings. The first-order valence-corrected chi connectivity index (χ1v) is 18.3. The summed E-state index contributed by atoms with van der Waals surface area (Å²) in [5.41, 5.74) is 6.57. The Kier molecular flexibility index (Phi) is 10.1. The standard InChI is InChI=1S/C39H50N4O8/c1-38(24-30(40-50-38)26-14-16-32(46-3)34(22-26)48-28-10-5-6-11-28)36(44)42-18-9-19-43(21-20-42)37(45)39(2)25-31(41-51-39)27-15-17-33(47-4)35(23-27)49-29-12-7-8-13-29/h14-17,22-25,28-29,40-41H,5-13,18-21H2,1-4H3. The van der Waals surface area contributed by atoms with Crippen LogP contribution in [0.4, 0.5) is 0 Å². The van der Waals surface area contributed by atoms with Gasteiger partial charge in [-0.25, -0.2) is 0 Å². The Bertz CT molecular complexity index is 1560. The topological polar surface area (TPSA) is 120 Å². The van der Waals surface area contributed by atoms with Gasteiger partial charge >= 0.3 is 0 Å². The number of nitrogens with one attached hydrogen (secondary N) is 2. The minimum Gasteiger partial charge on any atom is -0.493 e. The van der Waals surface area contributed by atoms with Gasteiger partial charge in [-0.2, -0.15) is 0 Å². The average molecular weight is 703 g/mol. The summed E-state index contributed by atoms with van der Waals surface area (Å²) in [5.74, 6) is 2.37. The molecule has 2 saturated carbocycles. The third-order valence-corrected chi connectivity index (χ3v) is 10.6. The normalized spacial score (nSPS) is 25.5. The number of carbonyl (C=O) groups is 2. The van der Waals surface area contributed by atoms with Crippen molar-refractivity contribution < 1.29 is 38.2 Å². The molecule has 2 amide bonds. The molecule has 3 aliphatic heterocycles. The first-order valence-electron chi connectivity index (χ1n) is 18.3. The number of nitrogens with zero attached hydrogens (tertiary/aromatic N) is 2. The number of hydroxylamine groups is 2. The van der Waals surface area contributed by atoms with E-state index in [2.05, 4.69) is 11.0 Å². The summed E-state index contributed by atoms with van der Waals surface area (Å²) in [7, 11) is 3.27. The monoisotopic (exact) mass is 702 g/mol. The molecular formula is C39H50N4O8. The largest absolute Gasteiger partial charge is 0.493 e. The van der Waals surface area contributed by atoms with Crippen molar-refractivity contribution in [3.8, 4) is 23.0 Å². The van der Waals surface area contributed by atoms with Crippen LogP contribution >= 0.6 is 0 Å². The highest BCUT2D eigenvalue weighted by molar-refractivity contribution is 5.92. The minimum atomic E-state index is -1.22. The number of methoxy groups -OCH3 is 2. The number of benzene rings is 2. The third kappa shape index (κ3) is 7.34. The molecule has 0 radical (unpaired) electrons. The number of carbonyl (C=O) groups excluding carboxylic acids is 2. The average Bonchev–Trinajstić information content (AvgIpc) is 3.96. The van der Waals surface area contributed by atoms with E-state index < -0.39 is 11.2 Å². The molecule has 1 saturated heterocycles. The molecule has 2 aromatic rings. The highest BCUT2D eigenvalue weighted by Gasteiger charge is 2.44. The second-order valence-electron chi connectivity index (χ2n) is 14.5. The number of ether oxygens (including phenoxy) is 4. The van der Waals surface area contributed by atoms with E-state index in [0.717, 1.165) is 36.8 Å². The first kappa shape index (κ1) is 35.0. The lowest BCUT2D eigenvalue weighted by molar-refractivity contribution is -0.155. The van der Waals surface area contributed by atoms with Gasteiger partial charge in [-0.1, -0.05) is 0 Å². The van der Waals surface area contributed by atoms with Crippen LogP contribution in [0.5, 0.6) is 23.0 Å². The Labute approximate surface area is 299 Å². The molecule has 2 aromatic carbocycles. The van der Waals surface area contributed by atoms with Gasteiger partial charge in [-0.05, 0) is 120 Å². The van der Waals surface area contributed by atoms with Crippen molar-refractivity contribution in [1.82, 2.24) is 20.8 Å². The smallest absolute Gasteiger partial charge is 0.261 e. The summed E-state index contributed by atoms with van der Waals surface area (Å²) in [6, 6.07) is 11.5. The minimum absolute atomic E-state index is 0.169. The lowest BCUT2D eigenvalue weighted by Crippen LogP contribution is -2.50. The second kappa shape index (κ2) is 14.7. The van der Waals surface area contributed by atoms with Crippen LogP contribution in [0.15, 0.2) is 48.6 Å². The molecule has 3 fully saturated rings. The van der Waals surface area contributed by atoms with Crippen molar-refractivity contribution in [3.05, 3.63) is 59.7 Å². The fourth-order valence-corrected chi connectivity index (χ4v) is 7.68. The number of hydrogen-bond acceptors (Lipinski definition) is 10. The molecule has 12 heteroatoms. The van der Waals surface area contributed by atoms with Gasteiger partial charge in [-0.3, -0.25) is 30.2 Å². The van der Waals surface area contributed by atoms with Crippen LogP contribution in [0.25, 0.3) is 11.4 Å². The van der Waals surface area contributed by atoms with Gasteiger partial charge in [0.05, 0.1) is 37.8 Å². The van der Waals surface area contributed by atoms with Crippen LogP contribution in [0.1, 0.15) is 82.8 Å². The lowest BCUT2D eigenvalue weighted by atomic mass is 10.0. The van der Waals surface area contributed by atoms with Crippen LogP contribution < -0.4 is 29.9 Å². The van der Waals surface area contributed by atoms with Crippen LogP contribution in [0, 0.1) is 0 Å². The molecule has 0 bridgehead atoms. The second-order valence-corrected chi connectivity index (χ2v) is 14.5. The maximum Gasteiger partial charge on any atom is 0.261 e. The molecule has 0 spiro atoms. The highest BCUT2D eigenvalue weighted by atomic mass is 16.7. The summed E-state index contributed by atoms with van der Waals surface area (Å²) in [5, 5.41) is 0. The van der Waals surface area contributed by atoms with Gasteiger partial charge in [-0.15, -0.1) is 0 Å². The number of amides is 2. The maximum atomic E-state index is 13.9. The Morgan fingerprint density at radius 3 is 1.43 bits per heavy atom. The summed E-state index contributed by atoms with van der Waals surface area (Å²) < 4.78 is 23.7. The van der Waals surface area contributed by atoms with Crippen molar-refractivity contribution in [2.45, 2.75) is 95.0 Å². The van der Waals surface area contributed by atoms with Crippen molar-refractivity contribution in [1.29, 1.82) is 0 Å². The Morgan fingerprint density at radius 2 is 1.04 bits per heavy atom. The van der Waals surface area contributed by atoms with Gasteiger partial charge < -0.3 is 28.7 Å². The fraction of sp³-hybridized carbons (Fsp3) is 0.538. The van der Waals surface area contributed by atoms with Gasteiger partial charge in [0.15, 0.2) is 34.2 Å². The number of rotatable bonds is 10. The molecular weight excluding hydrogens is 652 g/mol. The summed E-state index contributed by atoms with van der Waals surface area (Å²) in [4.78, 5) is 43.3. The first-order chi connectivity index (χ1) is 24.7. The van der Waals surface area contributed by atoms with E-state index in [0.29, 0.717) is 67.0 Å². The molecule has 51 heavy (non-hydrogen) atoms. The molecule has 3 heterocycles. The van der Waals surface area contributed by atoms with Gasteiger partial charge in [0.1, 0.15) is 0 Å². The van der Waals surface area contributed by atoms with Crippen LogP contribution in [-0.2, 0) is 19.3 Å². The predicted octanol–water partition coefficient (Wildman–Crippen LogP) is 5.38. The number of hydrogen-bond donors (Lipinski definition) is 2. The van der Waals surface area contributed by atoms with Gasteiger partial charge in [0.25, 0.3) is 11.8 Å². The van der Waals surface area contributed by atoms with E-state index in [1.165, 1.54) is 25.7 Å². The van der Waals surface area contributed by atoms with E-state index in [1.54, 1.807) is 37.9 Å². The van der Waals surface area contributed by atoms with Crippen LogP contribution in [0.3, 0.4) is 0 Å². The SMILES string of the molecule is COc1ccc(C2=CC(C)(C(=O)N3CCCN(C(=O)C4(C)C=C(c5ccc(OC)c(OC6CCCC6)c5)NO4)CC3)ON2)cc1OC1CCCC1. The van der Waals surface area contributed by atoms with E-state index in [9.17, 15) is 9.59 Å². The van der Waals surface area contributed by atoms with E-state index in [4.69, 9.17) is 28.6 Å². The molecule has 0 aromatic heterocycles. The van der Waals surface area contributed by atoms with E-state index >= 15 is 0 Å². The summed E-state index contributed by atoms with van der Waals surface area (Å²) in [6.07, 6.45) is 13.4. The van der Waals surface area contributed by atoms with Crippen molar-refractivity contribution in [2.75, 3.05) is 40.4 Å². The van der Waals surface area contributed by atoms with Crippen molar-refractivity contribution in [2.24, 2.45) is 0 Å². The predicted molar refractivity (Wildman–Crippen MR) is 191 cm³/mol. The third-order valence-electron chi connectivity index (χ3n) is 10.6. The molecule has 2 atom stereocenters. The molecule has 7 rings (SSSR count). The van der Waals surface area contributed by atoms with E-state index in [-0.39, 0.29) is 24.0 Å². The van der Waals surface area contributed by atoms with Crippen molar-refractivity contribution >= 4 is 23.2 Å². The molecule has 2 unspecified atom stereocenters. The molecule has 2 aliphatic carbocycles. The lowest BCUT2D eigenvalue weighted by Gasteiger charge is -2.30. The maximum absolute atomic E-state index is 13.9. The molecule has 12 nitrogen and oxygen atoms in total. The van der Waals surface area contributed by atoms with Gasteiger partial charge in [0.2, 0.25) is 0 Å². The van der Waals surface area contributed by atoms with Crippen molar-refractivity contribution in [3.63, 3.8) is 0 Å². The Hall–Kier alpha value is -4.42. The highest BCUT2D eigenvalue weighted by Crippen LogP contribution is 2.38. The Balaban J connectivity index is 0.997. The zero-order valence-corrected chi connectivity index (χ0v) is 30.1. The molecule has 2 N–H and O–H groups in total. The Morgan fingerprint density at radius 1 is 0.627 bits per heavy atom. The summed E-state index contributed by atoms with van der Waals surface area (Å²) in [6.45, 7) is 5.26. The van der Waals surface area contributed by atoms with E-state index in [1.807, 2.05) is 48.6 Å². The quantitative estimate of drug-likeness (QED) is 0.334. The molecule has 274 valence electrons. The zero-order valence-electron chi connectivity index (χ0n) is 30.1. The zero-order chi connectivity index (χ0) is 35.6. The van der Waals surface area contributed by atoms with Gasteiger partial charge in [0, 0.05) is 37.3 Å². The summed E-state index contributed by atoms with van der Waals surface area (Å²) >= 11 is 0. The van der Waals surface area contributed by atoms with Crippen LogP contribution in [0.2, 0.25) is 0 Å².